The maximum absolute atomic E-state index is 12.0. The van der Waals surface area contributed by atoms with Gasteiger partial charge in [-0.3, -0.25) is 9.59 Å². The number of pyridine rings is 1. The monoisotopic (exact) mass is 272 g/mol. The minimum absolute atomic E-state index is 0.199. The molecule has 7 heteroatoms. The van der Waals surface area contributed by atoms with E-state index in [1.54, 1.807) is 0 Å². The van der Waals surface area contributed by atoms with E-state index in [2.05, 4.69) is 4.98 Å². The van der Waals surface area contributed by atoms with E-state index >= 15 is 0 Å². The van der Waals surface area contributed by atoms with Gasteiger partial charge in [-0.2, -0.15) is 0 Å². The summed E-state index contributed by atoms with van der Waals surface area (Å²) in [5, 5.41) is 9.02. The highest BCUT2D eigenvalue weighted by Crippen LogP contribution is 2.08. The second-order valence-corrected chi connectivity index (χ2v) is 3.87. The zero-order valence-corrected chi connectivity index (χ0v) is 10.6. The number of aliphatic carboxylic acids is 1. The number of nitrogens with zero attached hydrogens (tertiary/aromatic N) is 2. The lowest BCUT2D eigenvalue weighted by Crippen LogP contribution is -2.38. The third-order valence-electron chi connectivity index (χ3n) is 2.15. The Morgan fingerprint density at radius 3 is 2.72 bits per heavy atom. The van der Waals surface area contributed by atoms with Crippen molar-refractivity contribution in [1.29, 1.82) is 0 Å². The van der Waals surface area contributed by atoms with Crippen LogP contribution in [0, 0.1) is 0 Å². The SMILES string of the molecule is COCCN(CC(=O)O)C(=O)c1ccc(Cl)nc1. The van der Waals surface area contributed by atoms with Crippen molar-refractivity contribution in [2.75, 3.05) is 26.8 Å². The summed E-state index contributed by atoms with van der Waals surface area (Å²) in [5.41, 5.74) is 0.289. The summed E-state index contributed by atoms with van der Waals surface area (Å²) in [4.78, 5) is 27.7. The van der Waals surface area contributed by atoms with E-state index in [9.17, 15) is 9.59 Å². The maximum atomic E-state index is 12.0. The highest BCUT2D eigenvalue weighted by atomic mass is 35.5. The fourth-order valence-electron chi connectivity index (χ4n) is 1.30. The Bertz CT molecular complexity index is 422. The molecule has 1 N–H and O–H groups in total. The van der Waals surface area contributed by atoms with Crippen molar-refractivity contribution in [1.82, 2.24) is 9.88 Å². The molecule has 0 bridgehead atoms. The van der Waals surface area contributed by atoms with Crippen molar-refractivity contribution in [3.8, 4) is 0 Å². The Morgan fingerprint density at radius 1 is 1.50 bits per heavy atom. The minimum atomic E-state index is -1.08. The Morgan fingerprint density at radius 2 is 2.22 bits per heavy atom. The summed E-state index contributed by atoms with van der Waals surface area (Å²) in [6, 6.07) is 2.98. The molecule has 0 saturated heterocycles. The van der Waals surface area contributed by atoms with E-state index in [0.29, 0.717) is 0 Å². The number of carboxylic acid groups (broad SMARTS) is 1. The highest BCUT2D eigenvalue weighted by molar-refractivity contribution is 6.29. The molecule has 0 fully saturated rings. The fraction of sp³-hybridized carbons (Fsp3) is 0.364. The lowest BCUT2D eigenvalue weighted by Gasteiger charge is -2.20. The molecule has 6 nitrogen and oxygen atoms in total. The molecule has 1 rings (SSSR count). The molecule has 0 aliphatic carbocycles. The van der Waals surface area contributed by atoms with Crippen LogP contribution in [-0.2, 0) is 9.53 Å². The van der Waals surface area contributed by atoms with Crippen LogP contribution in [0.1, 0.15) is 10.4 Å². The topological polar surface area (TPSA) is 79.7 Å². The Balaban J connectivity index is 2.80. The van der Waals surface area contributed by atoms with Crippen molar-refractivity contribution >= 4 is 23.5 Å². The van der Waals surface area contributed by atoms with E-state index < -0.39 is 11.9 Å². The molecule has 0 aromatic carbocycles. The molecule has 98 valence electrons. The molecule has 1 aromatic rings. The number of amides is 1. The van der Waals surface area contributed by atoms with E-state index in [0.717, 1.165) is 0 Å². The number of carboxylic acids is 1. The summed E-state index contributed by atoms with van der Waals surface area (Å²) in [7, 11) is 1.48. The molecule has 18 heavy (non-hydrogen) atoms. The second-order valence-electron chi connectivity index (χ2n) is 3.48. The number of hydrogen-bond donors (Lipinski definition) is 1. The summed E-state index contributed by atoms with van der Waals surface area (Å²) >= 11 is 5.61. The molecule has 0 aliphatic rings. The molecule has 0 saturated carbocycles. The number of carbonyl (C=O) groups is 2. The van der Waals surface area contributed by atoms with E-state index in [1.165, 1.54) is 30.3 Å². The van der Waals surface area contributed by atoms with Crippen LogP contribution >= 0.6 is 11.6 Å². The molecule has 0 aliphatic heterocycles. The van der Waals surface area contributed by atoms with Crippen LogP contribution in [0.2, 0.25) is 5.15 Å². The van der Waals surface area contributed by atoms with Gasteiger partial charge in [0.25, 0.3) is 5.91 Å². The summed E-state index contributed by atoms with van der Waals surface area (Å²) in [5.74, 6) is -1.50. The van der Waals surface area contributed by atoms with Gasteiger partial charge >= 0.3 is 5.97 Å². The standard InChI is InChI=1S/C11H13ClN2O4/c1-18-5-4-14(7-10(15)16)11(17)8-2-3-9(12)13-6-8/h2-3,6H,4-5,7H2,1H3,(H,15,16). The average molecular weight is 273 g/mol. The van der Waals surface area contributed by atoms with Crippen molar-refractivity contribution < 1.29 is 19.4 Å². The number of hydrogen-bond acceptors (Lipinski definition) is 4. The molecule has 0 spiro atoms. The van der Waals surface area contributed by atoms with Gasteiger partial charge < -0.3 is 14.7 Å². The molecular weight excluding hydrogens is 260 g/mol. The summed E-state index contributed by atoms with van der Waals surface area (Å²) in [6.45, 7) is 0.0785. The lowest BCUT2D eigenvalue weighted by molar-refractivity contribution is -0.137. The van der Waals surface area contributed by atoms with Crippen LogP contribution in [0.3, 0.4) is 0 Å². The molecule has 0 radical (unpaired) electrons. The molecule has 1 aromatic heterocycles. The minimum Gasteiger partial charge on any atom is -0.480 e. The predicted octanol–water partition coefficient (Wildman–Crippen LogP) is 0.908. The van der Waals surface area contributed by atoms with Gasteiger partial charge in [-0.05, 0) is 12.1 Å². The number of halogens is 1. The van der Waals surface area contributed by atoms with Gasteiger partial charge in [0.2, 0.25) is 0 Å². The van der Waals surface area contributed by atoms with Gasteiger partial charge in [0, 0.05) is 19.9 Å². The number of carbonyl (C=O) groups excluding carboxylic acids is 1. The first-order valence-electron chi connectivity index (χ1n) is 5.16. The summed E-state index contributed by atoms with van der Waals surface area (Å²) < 4.78 is 4.84. The van der Waals surface area contributed by atoms with Gasteiger partial charge in [0.1, 0.15) is 11.7 Å². The zero-order chi connectivity index (χ0) is 13.5. The van der Waals surface area contributed by atoms with Gasteiger partial charge in [-0.15, -0.1) is 0 Å². The summed E-state index contributed by atoms with van der Waals surface area (Å²) in [6.07, 6.45) is 1.31. The molecule has 1 heterocycles. The third-order valence-corrected chi connectivity index (χ3v) is 2.38. The number of aromatic nitrogens is 1. The molecule has 0 unspecified atom stereocenters. The van der Waals surface area contributed by atoms with Crippen molar-refractivity contribution in [2.24, 2.45) is 0 Å². The van der Waals surface area contributed by atoms with Crippen LogP contribution in [0.25, 0.3) is 0 Å². The van der Waals surface area contributed by atoms with Crippen LogP contribution in [0.15, 0.2) is 18.3 Å². The second kappa shape index (κ2) is 6.93. The quantitative estimate of drug-likeness (QED) is 0.779. The Labute approximate surface area is 109 Å². The van der Waals surface area contributed by atoms with E-state index in [4.69, 9.17) is 21.4 Å². The van der Waals surface area contributed by atoms with Crippen LogP contribution in [-0.4, -0.2) is 53.7 Å². The molecular formula is C11H13ClN2O4. The predicted molar refractivity (Wildman–Crippen MR) is 64.7 cm³/mol. The fourth-order valence-corrected chi connectivity index (χ4v) is 1.41. The van der Waals surface area contributed by atoms with Gasteiger partial charge in [0.05, 0.1) is 12.2 Å². The smallest absolute Gasteiger partial charge is 0.323 e. The first-order chi connectivity index (χ1) is 8.54. The first kappa shape index (κ1) is 14.4. The van der Waals surface area contributed by atoms with Crippen LogP contribution in [0.4, 0.5) is 0 Å². The van der Waals surface area contributed by atoms with Crippen LogP contribution < -0.4 is 0 Å². The normalized spacial score (nSPS) is 10.1. The first-order valence-corrected chi connectivity index (χ1v) is 5.54. The van der Waals surface area contributed by atoms with E-state index in [-0.39, 0.29) is 30.4 Å². The zero-order valence-electron chi connectivity index (χ0n) is 9.80. The van der Waals surface area contributed by atoms with Gasteiger partial charge in [-0.1, -0.05) is 11.6 Å². The van der Waals surface area contributed by atoms with Crippen molar-refractivity contribution in [3.05, 3.63) is 29.0 Å². The molecule has 1 amide bonds. The average Bonchev–Trinajstić information content (AvgIpc) is 2.34. The van der Waals surface area contributed by atoms with Crippen molar-refractivity contribution in [3.63, 3.8) is 0 Å². The molecule has 0 atom stereocenters. The van der Waals surface area contributed by atoms with Gasteiger partial charge in [-0.25, -0.2) is 4.98 Å². The van der Waals surface area contributed by atoms with Crippen LogP contribution in [0.5, 0.6) is 0 Å². The Kier molecular flexibility index (Phi) is 5.54. The number of rotatable bonds is 6. The number of methoxy groups -OCH3 is 1. The maximum Gasteiger partial charge on any atom is 0.323 e. The lowest BCUT2D eigenvalue weighted by atomic mass is 10.2. The highest BCUT2D eigenvalue weighted by Gasteiger charge is 2.18. The third kappa shape index (κ3) is 4.31. The number of ether oxygens (including phenoxy) is 1. The van der Waals surface area contributed by atoms with Crippen molar-refractivity contribution in [2.45, 2.75) is 0 Å². The van der Waals surface area contributed by atoms with E-state index in [1.807, 2.05) is 0 Å². The Hall–Kier alpha value is -1.66. The largest absolute Gasteiger partial charge is 0.480 e. The van der Waals surface area contributed by atoms with Gasteiger partial charge in [0.15, 0.2) is 0 Å².